The summed E-state index contributed by atoms with van der Waals surface area (Å²) in [6, 6.07) is 15.7. The average molecular weight is 419 g/mol. The van der Waals surface area contributed by atoms with Crippen LogP contribution in [0.1, 0.15) is 50.2 Å². The van der Waals surface area contributed by atoms with Crippen LogP contribution in [0.5, 0.6) is 11.5 Å². The third-order valence-electron chi connectivity index (χ3n) is 7.38. The number of carbonyl (C=O) groups is 1. The van der Waals surface area contributed by atoms with E-state index in [9.17, 15) is 4.79 Å². The van der Waals surface area contributed by atoms with Gasteiger partial charge in [0.15, 0.2) is 6.10 Å². The number of benzene rings is 2. The Kier molecular flexibility index (Phi) is 5.35. The van der Waals surface area contributed by atoms with Gasteiger partial charge in [0.25, 0.3) is 0 Å². The van der Waals surface area contributed by atoms with Gasteiger partial charge in [-0.3, -0.25) is 4.79 Å². The lowest BCUT2D eigenvalue weighted by molar-refractivity contribution is -0.945. The van der Waals surface area contributed by atoms with Crippen molar-refractivity contribution in [2.75, 3.05) is 26.2 Å². The molecule has 2 bridgehead atoms. The van der Waals surface area contributed by atoms with Gasteiger partial charge in [0.05, 0.1) is 19.6 Å². The highest BCUT2D eigenvalue weighted by Crippen LogP contribution is 2.45. The molecule has 0 radical (unpaired) electrons. The summed E-state index contributed by atoms with van der Waals surface area (Å²) in [6.45, 7) is 8.87. The standard InChI is InChI=1S/C27H32NO3/c1-19(2)8-7-15-28-16-13-20(14-17-28)25(18-28)31-27(29)26-21-9-3-5-11-23(21)30-24-12-6-4-10-22(24)26/h3-6,8-12,20,25-26H,7,13-18H2,1-2H3/q+1/t20?,25-,28?/m0/s1. The number of rotatable bonds is 5. The van der Waals surface area contributed by atoms with Gasteiger partial charge in [-0.1, -0.05) is 48.0 Å². The van der Waals surface area contributed by atoms with Crippen LogP contribution in [0.15, 0.2) is 60.2 Å². The highest BCUT2D eigenvalue weighted by Gasteiger charge is 2.48. The summed E-state index contributed by atoms with van der Waals surface area (Å²) >= 11 is 0. The van der Waals surface area contributed by atoms with E-state index in [4.69, 9.17) is 9.47 Å². The molecule has 0 N–H and O–H groups in total. The quantitative estimate of drug-likeness (QED) is 0.369. The number of quaternary nitrogens is 1. The van der Waals surface area contributed by atoms with Gasteiger partial charge < -0.3 is 14.0 Å². The zero-order valence-corrected chi connectivity index (χ0v) is 18.5. The highest BCUT2D eigenvalue weighted by atomic mass is 16.5. The number of esters is 1. The van der Waals surface area contributed by atoms with E-state index in [1.165, 1.54) is 18.7 Å². The molecule has 4 heteroatoms. The molecule has 2 aromatic carbocycles. The molecule has 1 atom stereocenters. The molecule has 3 fully saturated rings. The second kappa shape index (κ2) is 8.16. The molecule has 3 saturated heterocycles. The first kappa shape index (κ1) is 20.3. The van der Waals surface area contributed by atoms with Gasteiger partial charge in [0.1, 0.15) is 24.0 Å². The molecule has 0 aromatic heterocycles. The number of hydrogen-bond donors (Lipinski definition) is 0. The summed E-state index contributed by atoms with van der Waals surface area (Å²) in [6.07, 6.45) is 5.78. The van der Waals surface area contributed by atoms with Gasteiger partial charge >= 0.3 is 5.97 Å². The number of ether oxygens (including phenoxy) is 2. The average Bonchev–Trinajstić information content (AvgIpc) is 2.77. The van der Waals surface area contributed by atoms with Gasteiger partial charge in [-0.25, -0.2) is 0 Å². The summed E-state index contributed by atoms with van der Waals surface area (Å²) in [5.74, 6) is 1.45. The SMILES string of the molecule is CC(C)=CCC[N+]12CCC(CC1)[C@@H](OC(=O)C1c3ccccc3Oc3ccccc31)C2. The van der Waals surface area contributed by atoms with Crippen LogP contribution in [0, 0.1) is 5.92 Å². The second-order valence-corrected chi connectivity index (χ2v) is 9.69. The van der Waals surface area contributed by atoms with Gasteiger partial charge in [-0.2, -0.15) is 0 Å². The van der Waals surface area contributed by atoms with Crippen LogP contribution in [-0.4, -0.2) is 42.7 Å². The van der Waals surface area contributed by atoms with Crippen molar-refractivity contribution >= 4 is 5.97 Å². The minimum absolute atomic E-state index is 0.0175. The zero-order valence-electron chi connectivity index (χ0n) is 18.5. The molecule has 4 aliphatic rings. The summed E-state index contributed by atoms with van der Waals surface area (Å²) in [5, 5.41) is 0. The molecule has 31 heavy (non-hydrogen) atoms. The largest absolute Gasteiger partial charge is 0.457 e. The maximum absolute atomic E-state index is 13.6. The lowest BCUT2D eigenvalue weighted by Crippen LogP contribution is -2.64. The van der Waals surface area contributed by atoms with Crippen molar-refractivity contribution in [3.63, 3.8) is 0 Å². The maximum atomic E-state index is 13.6. The van der Waals surface area contributed by atoms with Crippen LogP contribution in [0.2, 0.25) is 0 Å². The zero-order chi connectivity index (χ0) is 21.4. The number of hydrogen-bond acceptors (Lipinski definition) is 3. The van der Waals surface area contributed by atoms with Gasteiger partial charge in [0, 0.05) is 36.3 Å². The van der Waals surface area contributed by atoms with Crippen LogP contribution in [0.3, 0.4) is 0 Å². The smallest absolute Gasteiger partial charge is 0.318 e. The fraction of sp³-hybridized carbons (Fsp3) is 0.444. The molecule has 0 aliphatic carbocycles. The molecule has 4 heterocycles. The summed E-state index contributed by atoms with van der Waals surface area (Å²) in [4.78, 5) is 13.6. The molecular weight excluding hydrogens is 386 g/mol. The molecule has 2 aromatic rings. The van der Waals surface area contributed by atoms with E-state index in [0.717, 1.165) is 59.5 Å². The van der Waals surface area contributed by atoms with Crippen molar-refractivity contribution in [3.05, 3.63) is 71.3 Å². The fourth-order valence-electron chi connectivity index (χ4n) is 5.68. The van der Waals surface area contributed by atoms with Crippen LogP contribution in [0.25, 0.3) is 0 Å². The van der Waals surface area contributed by atoms with Crippen molar-refractivity contribution < 1.29 is 18.8 Å². The normalized spacial score (nSPS) is 26.4. The number of para-hydroxylation sites is 2. The second-order valence-electron chi connectivity index (χ2n) is 9.69. The Labute approximate surface area is 185 Å². The number of piperidine rings is 3. The highest BCUT2D eigenvalue weighted by molar-refractivity contribution is 5.85. The third kappa shape index (κ3) is 3.89. The monoisotopic (exact) mass is 418 g/mol. The Bertz CT molecular complexity index is 954. The number of allylic oxidation sites excluding steroid dienone is 1. The molecule has 6 rings (SSSR count). The predicted octanol–water partition coefficient (Wildman–Crippen LogP) is 5.43. The molecule has 0 saturated carbocycles. The third-order valence-corrected chi connectivity index (χ3v) is 7.38. The Balaban J connectivity index is 1.37. The Morgan fingerprint density at radius 1 is 1.03 bits per heavy atom. The van der Waals surface area contributed by atoms with E-state index in [1.54, 1.807) is 0 Å². The van der Waals surface area contributed by atoms with Crippen LogP contribution < -0.4 is 4.74 Å². The molecule has 0 unspecified atom stereocenters. The maximum Gasteiger partial charge on any atom is 0.318 e. The lowest BCUT2D eigenvalue weighted by atomic mass is 9.82. The first-order chi connectivity index (χ1) is 15.0. The molecular formula is C27H32NO3+. The van der Waals surface area contributed by atoms with Crippen LogP contribution in [0.4, 0.5) is 0 Å². The summed E-state index contributed by atoms with van der Waals surface area (Å²) in [5.41, 5.74) is 3.18. The van der Waals surface area contributed by atoms with Crippen molar-refractivity contribution in [1.29, 1.82) is 0 Å². The van der Waals surface area contributed by atoms with Gasteiger partial charge in [-0.05, 0) is 26.0 Å². The minimum atomic E-state index is -0.421. The van der Waals surface area contributed by atoms with E-state index in [-0.39, 0.29) is 12.1 Å². The van der Waals surface area contributed by atoms with Gasteiger partial charge in [-0.15, -0.1) is 0 Å². The topological polar surface area (TPSA) is 35.5 Å². The van der Waals surface area contributed by atoms with E-state index in [1.807, 2.05) is 48.5 Å². The molecule has 0 amide bonds. The predicted molar refractivity (Wildman–Crippen MR) is 121 cm³/mol. The molecule has 4 aliphatic heterocycles. The first-order valence-corrected chi connectivity index (χ1v) is 11.6. The Morgan fingerprint density at radius 3 is 2.26 bits per heavy atom. The van der Waals surface area contributed by atoms with Gasteiger partial charge in [0.2, 0.25) is 0 Å². The Morgan fingerprint density at radius 2 is 1.65 bits per heavy atom. The minimum Gasteiger partial charge on any atom is -0.457 e. The Hall–Kier alpha value is -2.59. The lowest BCUT2D eigenvalue weighted by Gasteiger charge is -2.52. The summed E-state index contributed by atoms with van der Waals surface area (Å²) < 4.78 is 13.5. The van der Waals surface area contributed by atoms with Crippen molar-refractivity contribution in [2.24, 2.45) is 5.92 Å². The molecule has 0 spiro atoms. The summed E-state index contributed by atoms with van der Waals surface area (Å²) in [7, 11) is 0. The van der Waals surface area contributed by atoms with E-state index in [2.05, 4.69) is 19.9 Å². The number of fused-ring (bicyclic) bond motifs is 5. The molecule has 162 valence electrons. The number of nitrogens with zero attached hydrogens (tertiary/aromatic N) is 1. The van der Waals surface area contributed by atoms with E-state index < -0.39 is 5.92 Å². The van der Waals surface area contributed by atoms with Crippen molar-refractivity contribution in [2.45, 2.75) is 45.1 Å². The van der Waals surface area contributed by atoms with E-state index in [0.29, 0.717) is 5.92 Å². The van der Waals surface area contributed by atoms with Crippen LogP contribution in [-0.2, 0) is 9.53 Å². The van der Waals surface area contributed by atoms with Crippen LogP contribution >= 0.6 is 0 Å². The number of carbonyl (C=O) groups excluding carboxylic acids is 1. The first-order valence-electron chi connectivity index (χ1n) is 11.6. The molecule has 4 nitrogen and oxygen atoms in total. The van der Waals surface area contributed by atoms with E-state index >= 15 is 0 Å². The van der Waals surface area contributed by atoms with Crippen molar-refractivity contribution in [3.8, 4) is 11.5 Å². The van der Waals surface area contributed by atoms with Crippen molar-refractivity contribution in [1.82, 2.24) is 0 Å². The fourth-order valence-corrected chi connectivity index (χ4v) is 5.68.